The molecule has 2 unspecified atom stereocenters. The third kappa shape index (κ3) is 56.7. The summed E-state index contributed by atoms with van der Waals surface area (Å²) in [5.41, 5.74) is 0. The van der Waals surface area contributed by atoms with Crippen molar-refractivity contribution in [1.29, 1.82) is 0 Å². The van der Waals surface area contributed by atoms with Gasteiger partial charge in [-0.15, -0.1) is 0 Å². The first-order valence-corrected chi connectivity index (χ1v) is 30.9. The molecule has 74 heavy (non-hydrogen) atoms. The molecule has 0 fully saturated rings. The number of nitrogens with zero attached hydrogens (tertiary/aromatic N) is 1. The smallest absolute Gasteiger partial charge is 0.306 e. The number of carboxylic acid groups (broad SMARTS) is 1. The Morgan fingerprint density at radius 1 is 0.419 bits per heavy atom. The van der Waals surface area contributed by atoms with E-state index in [4.69, 9.17) is 18.9 Å². The molecule has 0 saturated heterocycles. The SMILES string of the molecule is CC/C=C\C/C=C\C/C=C\C/C=C\CCCCCCCCCCCCCCCCCCCCC(=O)OC(COC(=O)CCCCCCCCC/C=C\CCCCCCCCC)COC(OCC[N+](C)(C)C)C(=O)[O-]. The van der Waals surface area contributed by atoms with E-state index in [1.807, 2.05) is 21.1 Å². The fraction of sp³-hybridized carbons (Fsp3) is 0.800. The summed E-state index contributed by atoms with van der Waals surface area (Å²) in [6.07, 6.45) is 68.5. The van der Waals surface area contributed by atoms with Gasteiger partial charge in [-0.1, -0.05) is 248 Å². The van der Waals surface area contributed by atoms with Crippen molar-refractivity contribution in [3.8, 4) is 0 Å². The van der Waals surface area contributed by atoms with Crippen molar-refractivity contribution in [2.75, 3.05) is 47.5 Å². The van der Waals surface area contributed by atoms with Crippen LogP contribution in [0, 0.1) is 0 Å². The topological polar surface area (TPSA) is 111 Å². The van der Waals surface area contributed by atoms with E-state index in [1.165, 1.54) is 186 Å². The van der Waals surface area contributed by atoms with Crippen molar-refractivity contribution in [1.82, 2.24) is 0 Å². The van der Waals surface area contributed by atoms with Crippen LogP contribution >= 0.6 is 0 Å². The van der Waals surface area contributed by atoms with Gasteiger partial charge >= 0.3 is 11.9 Å². The van der Waals surface area contributed by atoms with Crippen LogP contribution in [0.25, 0.3) is 0 Å². The first kappa shape index (κ1) is 71.0. The number of ether oxygens (including phenoxy) is 4. The second-order valence-electron chi connectivity index (χ2n) is 22.0. The number of esters is 2. The highest BCUT2D eigenvalue weighted by atomic mass is 16.7. The predicted octanol–water partition coefficient (Wildman–Crippen LogP) is 17.1. The van der Waals surface area contributed by atoms with Crippen LogP contribution in [-0.2, 0) is 33.3 Å². The van der Waals surface area contributed by atoms with Gasteiger partial charge in [0.05, 0.1) is 40.3 Å². The van der Waals surface area contributed by atoms with Crippen LogP contribution in [0.3, 0.4) is 0 Å². The Labute approximate surface area is 456 Å². The molecule has 0 spiro atoms. The summed E-state index contributed by atoms with van der Waals surface area (Å²) in [4.78, 5) is 37.3. The van der Waals surface area contributed by atoms with Gasteiger partial charge in [0.2, 0.25) is 0 Å². The van der Waals surface area contributed by atoms with Crippen LogP contribution in [0.2, 0.25) is 0 Å². The quantitative estimate of drug-likeness (QED) is 0.0195. The number of hydrogen-bond acceptors (Lipinski definition) is 8. The zero-order chi connectivity index (χ0) is 54.1. The first-order valence-electron chi connectivity index (χ1n) is 30.9. The molecular formula is C65H117NO8. The van der Waals surface area contributed by atoms with Gasteiger partial charge in [-0.25, -0.2) is 0 Å². The standard InChI is InChI=1S/C65H117NO8/c1-6-8-10-12-14-16-18-20-22-24-26-27-28-29-30-31-32-33-34-35-36-37-38-40-42-44-46-48-50-52-54-56-63(68)74-61(60-73-65(64(69)70)71-58-57-66(3,4)5)59-72-62(67)55-53-51-49-47-45-43-41-39-25-23-21-19-17-15-13-11-9-7-2/h8,10,14,16,20,22-23,25-27,61,65H,6-7,9,11-13,15,17-19,21,24,28-60H2,1-5H3/b10-8-,16-14-,22-20-,25-23-,27-26-. The van der Waals surface area contributed by atoms with Gasteiger partial charge in [-0.2, -0.15) is 0 Å². The van der Waals surface area contributed by atoms with E-state index in [0.717, 1.165) is 57.8 Å². The van der Waals surface area contributed by atoms with E-state index in [2.05, 4.69) is 74.6 Å². The maximum Gasteiger partial charge on any atom is 0.306 e. The molecule has 2 atom stereocenters. The van der Waals surface area contributed by atoms with Gasteiger partial charge in [-0.3, -0.25) is 9.59 Å². The zero-order valence-electron chi connectivity index (χ0n) is 49.0. The molecule has 430 valence electrons. The van der Waals surface area contributed by atoms with E-state index in [-0.39, 0.29) is 38.6 Å². The molecule has 0 aromatic heterocycles. The minimum Gasteiger partial charge on any atom is -0.545 e. The van der Waals surface area contributed by atoms with Crippen molar-refractivity contribution in [2.45, 2.75) is 289 Å². The summed E-state index contributed by atoms with van der Waals surface area (Å²) in [5, 5.41) is 11.8. The minimum atomic E-state index is -1.62. The van der Waals surface area contributed by atoms with E-state index < -0.39 is 24.3 Å². The predicted molar refractivity (Wildman–Crippen MR) is 311 cm³/mol. The molecule has 0 bridgehead atoms. The van der Waals surface area contributed by atoms with Crippen LogP contribution in [0.4, 0.5) is 0 Å². The number of unbranched alkanes of at least 4 members (excludes halogenated alkanes) is 32. The number of carbonyl (C=O) groups is 3. The Kier molecular flexibility index (Phi) is 53.9. The Hall–Kier alpha value is -3.01. The summed E-state index contributed by atoms with van der Waals surface area (Å²) in [5.74, 6) is -2.28. The lowest BCUT2D eigenvalue weighted by molar-refractivity contribution is -0.870. The van der Waals surface area contributed by atoms with Crippen molar-refractivity contribution >= 4 is 17.9 Å². The average molecular weight is 1040 g/mol. The lowest BCUT2D eigenvalue weighted by atomic mass is 10.0. The summed E-state index contributed by atoms with van der Waals surface area (Å²) < 4.78 is 22.7. The van der Waals surface area contributed by atoms with Gasteiger partial charge in [-0.05, 0) is 77.0 Å². The number of quaternary nitrogens is 1. The Bertz CT molecular complexity index is 1400. The van der Waals surface area contributed by atoms with E-state index >= 15 is 0 Å². The third-order valence-electron chi connectivity index (χ3n) is 13.5. The Morgan fingerprint density at radius 3 is 1.16 bits per heavy atom. The molecule has 0 saturated carbocycles. The van der Waals surface area contributed by atoms with Crippen LogP contribution in [0.1, 0.15) is 277 Å². The average Bonchev–Trinajstić information content (AvgIpc) is 3.37. The fourth-order valence-corrected chi connectivity index (χ4v) is 8.76. The number of carbonyl (C=O) groups excluding carboxylic acids is 3. The monoisotopic (exact) mass is 1040 g/mol. The number of aliphatic carboxylic acids is 1. The van der Waals surface area contributed by atoms with Crippen molar-refractivity contribution in [2.24, 2.45) is 0 Å². The molecule has 0 aliphatic heterocycles. The van der Waals surface area contributed by atoms with Gasteiger partial charge < -0.3 is 33.3 Å². The zero-order valence-corrected chi connectivity index (χ0v) is 49.0. The summed E-state index contributed by atoms with van der Waals surface area (Å²) in [6, 6.07) is 0. The maximum absolute atomic E-state index is 12.9. The van der Waals surface area contributed by atoms with Crippen LogP contribution < -0.4 is 5.11 Å². The van der Waals surface area contributed by atoms with Crippen LogP contribution in [-0.4, -0.2) is 82.3 Å². The lowest BCUT2D eigenvalue weighted by Gasteiger charge is -2.26. The number of rotatable bonds is 57. The van der Waals surface area contributed by atoms with Crippen molar-refractivity contribution in [3.63, 3.8) is 0 Å². The minimum absolute atomic E-state index is 0.147. The second kappa shape index (κ2) is 56.2. The normalized spacial score (nSPS) is 13.1. The number of allylic oxidation sites excluding steroid dienone is 10. The maximum atomic E-state index is 12.9. The van der Waals surface area contributed by atoms with Gasteiger partial charge in [0.1, 0.15) is 13.2 Å². The Balaban J connectivity index is 4.13. The number of hydrogen-bond donors (Lipinski definition) is 0. The number of carboxylic acids is 1. The summed E-state index contributed by atoms with van der Waals surface area (Å²) in [7, 11) is 5.93. The van der Waals surface area contributed by atoms with Gasteiger partial charge in [0, 0.05) is 12.8 Å². The summed E-state index contributed by atoms with van der Waals surface area (Å²) in [6.45, 7) is 4.66. The van der Waals surface area contributed by atoms with Crippen molar-refractivity contribution in [3.05, 3.63) is 60.8 Å². The number of likely N-dealkylation sites (N-methyl/N-ethyl adjacent to an activating group) is 1. The van der Waals surface area contributed by atoms with Gasteiger partial charge in [0.15, 0.2) is 12.4 Å². The molecule has 0 N–H and O–H groups in total. The van der Waals surface area contributed by atoms with Gasteiger partial charge in [0.25, 0.3) is 0 Å². The fourth-order valence-electron chi connectivity index (χ4n) is 8.76. The molecule has 0 amide bonds. The highest BCUT2D eigenvalue weighted by molar-refractivity contribution is 5.70. The highest BCUT2D eigenvalue weighted by Crippen LogP contribution is 2.17. The molecule has 0 rings (SSSR count). The molecule has 0 aromatic rings. The Morgan fingerprint density at radius 2 is 0.770 bits per heavy atom. The molecule has 9 nitrogen and oxygen atoms in total. The molecule has 0 heterocycles. The lowest BCUT2D eigenvalue weighted by Crippen LogP contribution is -2.44. The van der Waals surface area contributed by atoms with E-state index in [1.54, 1.807) is 0 Å². The second-order valence-corrected chi connectivity index (χ2v) is 22.0. The molecule has 0 aliphatic carbocycles. The summed E-state index contributed by atoms with van der Waals surface area (Å²) >= 11 is 0. The first-order chi connectivity index (χ1) is 36.1. The van der Waals surface area contributed by atoms with Crippen LogP contribution in [0.15, 0.2) is 60.8 Å². The largest absolute Gasteiger partial charge is 0.545 e. The molecule has 9 heteroatoms. The molecule has 0 radical (unpaired) electrons. The van der Waals surface area contributed by atoms with E-state index in [9.17, 15) is 19.5 Å². The van der Waals surface area contributed by atoms with E-state index in [0.29, 0.717) is 17.4 Å². The highest BCUT2D eigenvalue weighted by Gasteiger charge is 2.22. The molecular weight excluding hydrogens is 923 g/mol. The molecule has 0 aliphatic rings. The van der Waals surface area contributed by atoms with Crippen molar-refractivity contribution < 1.29 is 42.9 Å². The third-order valence-corrected chi connectivity index (χ3v) is 13.5. The molecule has 0 aromatic carbocycles. The van der Waals surface area contributed by atoms with Crippen LogP contribution in [0.5, 0.6) is 0 Å².